The molecule has 1 saturated carbocycles. The summed E-state index contributed by atoms with van der Waals surface area (Å²) in [6.45, 7) is 14.3. The fraction of sp³-hybridized carbons (Fsp3) is 0.564. The van der Waals surface area contributed by atoms with Crippen LogP contribution in [0.4, 0.5) is 0 Å². The minimum absolute atomic E-state index is 0.00259. The number of hydrazine groups is 1. The van der Waals surface area contributed by atoms with Crippen molar-refractivity contribution in [1.82, 2.24) is 40.4 Å². The predicted octanol–water partition coefficient (Wildman–Crippen LogP) is 5.68. The lowest BCUT2D eigenvalue weighted by molar-refractivity contribution is -0.155. The number of carbonyl (C=O) groups is 5. The lowest BCUT2D eigenvalue weighted by atomic mass is 9.84. The number of ether oxygens (including phenoxy) is 2. The number of aromatic nitrogens is 2. The number of phenolic OH excluding ortho intramolecular Hbond substituents is 1. The first-order valence-electron chi connectivity index (χ1n) is 25.9. The van der Waals surface area contributed by atoms with E-state index >= 15 is 0 Å². The van der Waals surface area contributed by atoms with Crippen molar-refractivity contribution in [3.05, 3.63) is 71.5 Å². The van der Waals surface area contributed by atoms with Crippen molar-refractivity contribution in [3.8, 4) is 28.1 Å². The Morgan fingerprint density at radius 2 is 1.79 bits per heavy atom. The van der Waals surface area contributed by atoms with Gasteiger partial charge in [0.15, 0.2) is 0 Å². The number of nitrogens with zero attached hydrogens (tertiary/aromatic N) is 5. The third kappa shape index (κ3) is 9.31. The summed E-state index contributed by atoms with van der Waals surface area (Å²) in [5, 5.41) is 20.3. The molecule has 378 valence electrons. The first-order chi connectivity index (χ1) is 34.0. The average molecular weight is 971 g/mol. The summed E-state index contributed by atoms with van der Waals surface area (Å²) < 4.78 is 14.3. The maximum atomic E-state index is 14.9. The molecule has 5 aliphatic heterocycles. The molecule has 2 aromatic carbocycles. The molecule has 4 aromatic rings. The first kappa shape index (κ1) is 48.8. The fourth-order valence-electron chi connectivity index (χ4n) is 12.1. The van der Waals surface area contributed by atoms with Gasteiger partial charge in [-0.2, -0.15) is 0 Å². The third-order valence-electron chi connectivity index (χ3n) is 16.1. The number of phenols is 1. The second kappa shape index (κ2) is 19.0. The van der Waals surface area contributed by atoms with Gasteiger partial charge in [0.05, 0.1) is 29.5 Å². The summed E-state index contributed by atoms with van der Waals surface area (Å²) in [5.41, 5.74) is 8.90. The number of methoxy groups -OCH3 is 1. The molecule has 1 aliphatic carbocycles. The highest BCUT2D eigenvalue weighted by molar-refractivity contribution is 5.97. The highest BCUT2D eigenvalue weighted by Gasteiger charge is 2.58. The quantitative estimate of drug-likeness (QED) is 0.113. The van der Waals surface area contributed by atoms with Gasteiger partial charge < -0.3 is 34.3 Å². The van der Waals surface area contributed by atoms with Crippen LogP contribution < -0.4 is 16.1 Å². The first-order valence-corrected chi connectivity index (χ1v) is 25.9. The number of likely N-dealkylation sites (tertiary alicyclic amines) is 2. The van der Waals surface area contributed by atoms with E-state index in [1.165, 1.54) is 5.01 Å². The molecule has 4 N–H and O–H groups in total. The van der Waals surface area contributed by atoms with Gasteiger partial charge in [-0.3, -0.25) is 39.3 Å². The van der Waals surface area contributed by atoms with Crippen molar-refractivity contribution >= 4 is 40.5 Å². The number of fused-ring (bicyclic) bond motifs is 6. The zero-order valence-electron chi connectivity index (χ0n) is 42.3. The smallest absolute Gasteiger partial charge is 0.324 e. The van der Waals surface area contributed by atoms with Crippen molar-refractivity contribution in [2.75, 3.05) is 39.9 Å². The minimum atomic E-state index is -1.14. The molecule has 0 unspecified atom stereocenters. The standard InChI is InChI=1S/C55H70N8O8/c1-8-61-43-16-15-35-27-39(43)40(48(61)38-11-9-19-56-44(38)32(4)70-7)28-54(5,6)30-71-52(68)41-12-10-20-63(59-41)50(66)42(25-33-23-36(35)26-37(64)24-33)57-49(65)47(31(2)3)62-22-18-55(53(62)69)17-21-60(29-55)51(67)46-45(58-46)34-13-14-34/h9,11,15-16,19,23-24,26-27,31-32,34,41-42,45-47,58-59,64H,8,10,12-14,17-18,20-22,25,28-30H2,1-7H3,(H,57,65)/t32-,41-,42-,45+,46+,47-,55+/m0/s1. The number of hydrogen-bond donors (Lipinski definition) is 4. The van der Waals surface area contributed by atoms with Crippen LogP contribution in [0, 0.1) is 22.7 Å². The maximum Gasteiger partial charge on any atom is 0.324 e. The van der Waals surface area contributed by atoms with Gasteiger partial charge in [0.1, 0.15) is 29.9 Å². The van der Waals surface area contributed by atoms with E-state index in [4.69, 9.17) is 14.5 Å². The van der Waals surface area contributed by atoms with Crippen molar-refractivity contribution in [1.29, 1.82) is 0 Å². The average Bonchev–Trinajstić information content (AvgIpc) is 4.27. The molecule has 2 aromatic heterocycles. The molecule has 5 fully saturated rings. The number of carbonyl (C=O) groups excluding carboxylic acids is 5. The maximum absolute atomic E-state index is 14.9. The van der Waals surface area contributed by atoms with E-state index in [0.29, 0.717) is 69.8 Å². The minimum Gasteiger partial charge on any atom is -0.508 e. The van der Waals surface area contributed by atoms with E-state index in [2.05, 4.69) is 59.6 Å². The number of cyclic esters (lactones) is 1. The number of esters is 1. The lowest BCUT2D eigenvalue weighted by Gasteiger charge is -2.37. The van der Waals surface area contributed by atoms with Gasteiger partial charge in [0, 0.05) is 80.4 Å². The van der Waals surface area contributed by atoms with Gasteiger partial charge in [-0.05, 0) is 129 Å². The molecule has 16 nitrogen and oxygen atoms in total. The zero-order valence-corrected chi connectivity index (χ0v) is 42.3. The highest BCUT2D eigenvalue weighted by Crippen LogP contribution is 2.46. The number of aryl methyl sites for hydroxylation is 1. The van der Waals surface area contributed by atoms with E-state index in [1.54, 1.807) is 30.3 Å². The summed E-state index contributed by atoms with van der Waals surface area (Å²) in [6, 6.07) is 12.8. The Bertz CT molecular complexity index is 2770. The van der Waals surface area contributed by atoms with Crippen LogP contribution in [0.2, 0.25) is 0 Å². The summed E-state index contributed by atoms with van der Waals surface area (Å²) in [5.74, 6) is -1.18. The molecule has 7 atom stereocenters. The second-order valence-corrected chi connectivity index (χ2v) is 22.3. The van der Waals surface area contributed by atoms with Crippen LogP contribution in [0.3, 0.4) is 0 Å². The molecule has 16 heteroatoms. The van der Waals surface area contributed by atoms with Crippen molar-refractivity contribution in [2.45, 2.75) is 136 Å². The Labute approximate surface area is 416 Å². The Morgan fingerprint density at radius 3 is 2.54 bits per heavy atom. The molecule has 1 spiro atoms. The van der Waals surface area contributed by atoms with Crippen LogP contribution in [0.15, 0.2) is 54.7 Å². The molecule has 10 rings (SSSR count). The molecule has 71 heavy (non-hydrogen) atoms. The van der Waals surface area contributed by atoms with E-state index in [9.17, 15) is 29.1 Å². The van der Waals surface area contributed by atoms with Gasteiger partial charge >= 0.3 is 5.97 Å². The number of nitrogens with one attached hydrogen (secondary N) is 3. The Balaban J connectivity index is 0.992. The van der Waals surface area contributed by atoms with E-state index in [1.807, 2.05) is 43.9 Å². The van der Waals surface area contributed by atoms with E-state index in [-0.39, 0.29) is 61.2 Å². The zero-order chi connectivity index (χ0) is 50.1. The molecular weight excluding hydrogens is 901 g/mol. The molecule has 6 aliphatic rings. The fourth-order valence-corrected chi connectivity index (χ4v) is 12.1. The van der Waals surface area contributed by atoms with Crippen molar-refractivity contribution in [2.24, 2.45) is 22.7 Å². The van der Waals surface area contributed by atoms with Gasteiger partial charge in [0.2, 0.25) is 17.7 Å². The molecule has 4 amide bonds. The normalized spacial score (nSPS) is 26.5. The van der Waals surface area contributed by atoms with Crippen molar-refractivity contribution in [3.63, 3.8) is 0 Å². The monoisotopic (exact) mass is 971 g/mol. The van der Waals surface area contributed by atoms with E-state index < -0.39 is 46.7 Å². The highest BCUT2D eigenvalue weighted by atomic mass is 16.5. The SMILES string of the molecule is CCn1c(-c2cccnc2[C@H](C)OC)c2c3cc(ccc31)-c1cc(O)cc(c1)C[C@H](NC(=O)[C@H](C(C)C)N1CC[C@@]3(CCN(C(=O)[C@@H]4N[C@@H]4C4CC4)C3)C1=O)C(=O)N1CCC[C@H](N1)C(=O)OCC(C)(C)C2. The summed E-state index contributed by atoms with van der Waals surface area (Å²) in [4.78, 5) is 80.1. The molecule has 7 heterocycles. The van der Waals surface area contributed by atoms with Crippen LogP contribution in [-0.4, -0.2) is 129 Å². The van der Waals surface area contributed by atoms with Crippen LogP contribution in [0.1, 0.15) is 103 Å². The molecule has 0 radical (unpaired) electrons. The number of aromatic hydroxyl groups is 1. The van der Waals surface area contributed by atoms with Crippen molar-refractivity contribution < 1.29 is 38.6 Å². The van der Waals surface area contributed by atoms with Crippen LogP contribution >= 0.6 is 0 Å². The van der Waals surface area contributed by atoms with Gasteiger partial charge in [-0.25, -0.2) is 5.43 Å². The van der Waals surface area contributed by atoms with Crippen LogP contribution in [0.5, 0.6) is 5.75 Å². The van der Waals surface area contributed by atoms with E-state index in [0.717, 1.165) is 57.4 Å². The number of amides is 4. The molecular formula is C55H70N8O8. The lowest BCUT2D eigenvalue weighted by Crippen LogP contribution is -2.62. The summed E-state index contributed by atoms with van der Waals surface area (Å²) in [7, 11) is 1.68. The number of benzene rings is 2. The summed E-state index contributed by atoms with van der Waals surface area (Å²) >= 11 is 0. The van der Waals surface area contributed by atoms with Crippen LogP contribution in [-0.2, 0) is 52.8 Å². The Kier molecular flexibility index (Phi) is 13.0. The van der Waals surface area contributed by atoms with Gasteiger partial charge in [-0.1, -0.05) is 39.8 Å². The Morgan fingerprint density at radius 1 is 1.00 bits per heavy atom. The third-order valence-corrected chi connectivity index (χ3v) is 16.1. The van der Waals surface area contributed by atoms with Gasteiger partial charge in [0.25, 0.3) is 5.91 Å². The predicted molar refractivity (Wildman–Crippen MR) is 267 cm³/mol. The topological polar surface area (TPSA) is 198 Å². The molecule has 6 bridgehead atoms. The summed E-state index contributed by atoms with van der Waals surface area (Å²) in [6.07, 6.45) is 6.40. The largest absolute Gasteiger partial charge is 0.508 e. The number of rotatable bonds is 10. The van der Waals surface area contributed by atoms with Crippen LogP contribution in [0.25, 0.3) is 33.3 Å². The van der Waals surface area contributed by atoms with Gasteiger partial charge in [-0.15, -0.1) is 0 Å². The number of pyridine rings is 1. The second-order valence-electron chi connectivity index (χ2n) is 22.3. The molecule has 4 saturated heterocycles. The Hall–Kier alpha value is -5.84. The number of hydrogen-bond acceptors (Lipinski definition) is 11.